The van der Waals surface area contributed by atoms with Crippen molar-refractivity contribution in [3.05, 3.63) is 59.7 Å². The van der Waals surface area contributed by atoms with Gasteiger partial charge in [-0.2, -0.15) is 0 Å². The lowest BCUT2D eigenvalue weighted by Crippen LogP contribution is -2.25. The van der Waals surface area contributed by atoms with Crippen LogP contribution in [0.5, 0.6) is 5.75 Å². The average molecular weight is 345 g/mol. The number of carbonyl (C=O) groups is 1. The number of rotatable bonds is 9. The van der Waals surface area contributed by atoms with Gasteiger partial charge in [-0.15, -0.1) is 11.8 Å². The van der Waals surface area contributed by atoms with Gasteiger partial charge in [0.05, 0.1) is 13.7 Å². The van der Waals surface area contributed by atoms with Gasteiger partial charge >= 0.3 is 0 Å². The topological polar surface area (TPSA) is 47.6 Å². The minimum atomic E-state index is -0.0796. The maximum atomic E-state index is 12.3. The number of methoxy groups -OCH3 is 1. The monoisotopic (exact) mass is 345 g/mol. The van der Waals surface area contributed by atoms with Crippen molar-refractivity contribution in [3.63, 3.8) is 0 Å². The number of hydrogen-bond acceptors (Lipinski definition) is 4. The van der Waals surface area contributed by atoms with Crippen molar-refractivity contribution >= 4 is 17.7 Å². The number of ether oxygens (including phenoxy) is 2. The van der Waals surface area contributed by atoms with Crippen molar-refractivity contribution < 1.29 is 14.3 Å². The van der Waals surface area contributed by atoms with Gasteiger partial charge in [0.25, 0.3) is 5.91 Å². The minimum Gasteiger partial charge on any atom is -0.496 e. The molecule has 1 N–H and O–H groups in total. The van der Waals surface area contributed by atoms with Gasteiger partial charge < -0.3 is 14.8 Å². The molecule has 5 heteroatoms. The SMILES string of the molecule is CCOCc1cc(C(=O)NCCSc2ccccc2)ccc1OC. The van der Waals surface area contributed by atoms with E-state index < -0.39 is 0 Å². The van der Waals surface area contributed by atoms with Gasteiger partial charge in [0.2, 0.25) is 0 Å². The standard InChI is InChI=1S/C19H23NO3S/c1-3-23-14-16-13-15(9-10-18(16)22-2)19(21)20-11-12-24-17-7-5-4-6-8-17/h4-10,13H,3,11-12,14H2,1-2H3,(H,20,21). The van der Waals surface area contributed by atoms with E-state index >= 15 is 0 Å². The molecule has 0 atom stereocenters. The Bertz CT molecular complexity index is 646. The van der Waals surface area contributed by atoms with Crippen LogP contribution in [0.3, 0.4) is 0 Å². The van der Waals surface area contributed by atoms with Crippen LogP contribution in [0.25, 0.3) is 0 Å². The smallest absolute Gasteiger partial charge is 0.251 e. The van der Waals surface area contributed by atoms with Gasteiger partial charge in [-0.3, -0.25) is 4.79 Å². The molecule has 0 heterocycles. The number of thioether (sulfide) groups is 1. The molecule has 2 aromatic carbocycles. The molecule has 0 fully saturated rings. The van der Waals surface area contributed by atoms with E-state index in [9.17, 15) is 4.79 Å². The molecule has 24 heavy (non-hydrogen) atoms. The first-order chi connectivity index (χ1) is 11.7. The second-order valence-electron chi connectivity index (χ2n) is 5.08. The van der Waals surface area contributed by atoms with Crippen LogP contribution in [-0.4, -0.2) is 31.9 Å². The van der Waals surface area contributed by atoms with Crippen LogP contribution in [0, 0.1) is 0 Å². The van der Waals surface area contributed by atoms with Crippen LogP contribution >= 0.6 is 11.8 Å². The van der Waals surface area contributed by atoms with Crippen LogP contribution in [0.1, 0.15) is 22.8 Å². The maximum absolute atomic E-state index is 12.3. The summed E-state index contributed by atoms with van der Waals surface area (Å²) in [5.41, 5.74) is 1.50. The van der Waals surface area contributed by atoms with E-state index in [1.807, 2.05) is 37.3 Å². The van der Waals surface area contributed by atoms with E-state index in [0.29, 0.717) is 25.3 Å². The van der Waals surface area contributed by atoms with Crippen molar-refractivity contribution in [2.24, 2.45) is 0 Å². The molecular formula is C19H23NO3S. The number of benzene rings is 2. The van der Waals surface area contributed by atoms with E-state index in [1.54, 1.807) is 24.9 Å². The lowest BCUT2D eigenvalue weighted by atomic mass is 10.1. The Balaban J connectivity index is 1.87. The van der Waals surface area contributed by atoms with Crippen molar-refractivity contribution in [2.75, 3.05) is 26.0 Å². The third-order valence-corrected chi connectivity index (χ3v) is 4.42. The maximum Gasteiger partial charge on any atom is 0.251 e. The highest BCUT2D eigenvalue weighted by Gasteiger charge is 2.10. The Morgan fingerprint density at radius 3 is 2.67 bits per heavy atom. The number of hydrogen-bond donors (Lipinski definition) is 1. The fourth-order valence-corrected chi connectivity index (χ4v) is 2.99. The molecule has 4 nitrogen and oxygen atoms in total. The molecule has 0 radical (unpaired) electrons. The molecule has 1 amide bonds. The normalized spacial score (nSPS) is 10.4. The Labute approximate surface area is 147 Å². The summed E-state index contributed by atoms with van der Waals surface area (Å²) in [5, 5.41) is 2.95. The quantitative estimate of drug-likeness (QED) is 0.555. The highest BCUT2D eigenvalue weighted by Crippen LogP contribution is 2.21. The van der Waals surface area contributed by atoms with Crippen molar-refractivity contribution in [1.82, 2.24) is 5.32 Å². The highest BCUT2D eigenvalue weighted by atomic mass is 32.2. The van der Waals surface area contributed by atoms with Crippen LogP contribution < -0.4 is 10.1 Å². The van der Waals surface area contributed by atoms with Gasteiger partial charge in [-0.25, -0.2) is 0 Å². The summed E-state index contributed by atoms with van der Waals surface area (Å²) >= 11 is 1.72. The van der Waals surface area contributed by atoms with Gasteiger partial charge in [0.15, 0.2) is 0 Å². The van der Waals surface area contributed by atoms with Gasteiger partial charge in [0, 0.05) is 34.9 Å². The Kier molecular flexibility index (Phi) is 7.65. The molecular weight excluding hydrogens is 322 g/mol. The molecule has 0 aromatic heterocycles. The number of amides is 1. The largest absolute Gasteiger partial charge is 0.496 e. The molecule has 2 rings (SSSR count). The third kappa shape index (κ3) is 5.58. The lowest BCUT2D eigenvalue weighted by Gasteiger charge is -2.11. The number of carbonyl (C=O) groups excluding carboxylic acids is 1. The van der Waals surface area contributed by atoms with Crippen molar-refractivity contribution in [3.8, 4) is 5.75 Å². The molecule has 0 unspecified atom stereocenters. The Morgan fingerprint density at radius 1 is 1.17 bits per heavy atom. The molecule has 2 aromatic rings. The van der Waals surface area contributed by atoms with Crippen molar-refractivity contribution in [2.45, 2.75) is 18.4 Å². The molecule has 0 saturated heterocycles. The summed E-state index contributed by atoms with van der Waals surface area (Å²) in [6.07, 6.45) is 0. The highest BCUT2D eigenvalue weighted by molar-refractivity contribution is 7.99. The first-order valence-corrected chi connectivity index (χ1v) is 8.94. The Hall–Kier alpha value is -1.98. The van der Waals surface area contributed by atoms with Crippen LogP contribution in [0.2, 0.25) is 0 Å². The van der Waals surface area contributed by atoms with Gasteiger partial charge in [-0.1, -0.05) is 18.2 Å². The zero-order chi connectivity index (χ0) is 17.2. The van der Waals surface area contributed by atoms with E-state index in [1.165, 1.54) is 4.90 Å². The molecule has 128 valence electrons. The third-order valence-electron chi connectivity index (χ3n) is 3.40. The summed E-state index contributed by atoms with van der Waals surface area (Å²) in [7, 11) is 1.62. The minimum absolute atomic E-state index is 0.0796. The molecule has 0 aliphatic heterocycles. The lowest BCUT2D eigenvalue weighted by molar-refractivity contribution is 0.0955. The van der Waals surface area contributed by atoms with Crippen LogP contribution in [-0.2, 0) is 11.3 Å². The second-order valence-corrected chi connectivity index (χ2v) is 6.25. The zero-order valence-electron chi connectivity index (χ0n) is 14.1. The van der Waals surface area contributed by atoms with E-state index in [0.717, 1.165) is 17.1 Å². The first kappa shape index (κ1) is 18.4. The Morgan fingerprint density at radius 2 is 1.96 bits per heavy atom. The summed E-state index contributed by atoms with van der Waals surface area (Å²) in [6, 6.07) is 15.6. The predicted octanol–water partition coefficient (Wildman–Crippen LogP) is 3.75. The molecule has 0 spiro atoms. The van der Waals surface area contributed by atoms with Gasteiger partial charge in [0.1, 0.15) is 5.75 Å². The van der Waals surface area contributed by atoms with Crippen LogP contribution in [0.4, 0.5) is 0 Å². The van der Waals surface area contributed by atoms with Gasteiger partial charge in [-0.05, 0) is 37.3 Å². The number of nitrogens with one attached hydrogen (secondary N) is 1. The van der Waals surface area contributed by atoms with E-state index in [4.69, 9.17) is 9.47 Å². The summed E-state index contributed by atoms with van der Waals surface area (Å²) in [4.78, 5) is 13.5. The van der Waals surface area contributed by atoms with Crippen molar-refractivity contribution in [1.29, 1.82) is 0 Å². The summed E-state index contributed by atoms with van der Waals surface area (Å²) in [6.45, 7) is 3.61. The predicted molar refractivity (Wildman–Crippen MR) is 97.8 cm³/mol. The zero-order valence-corrected chi connectivity index (χ0v) is 14.9. The summed E-state index contributed by atoms with van der Waals surface area (Å²) < 4.78 is 10.7. The molecule has 0 saturated carbocycles. The second kappa shape index (κ2) is 10.0. The fraction of sp³-hybridized carbons (Fsp3) is 0.316. The van der Waals surface area contributed by atoms with E-state index in [-0.39, 0.29) is 5.91 Å². The summed E-state index contributed by atoms with van der Waals surface area (Å²) in [5.74, 6) is 1.49. The molecule has 0 aliphatic rings. The molecule has 0 aliphatic carbocycles. The first-order valence-electron chi connectivity index (χ1n) is 7.95. The average Bonchev–Trinajstić information content (AvgIpc) is 2.64. The molecule has 0 bridgehead atoms. The fourth-order valence-electron chi connectivity index (χ4n) is 2.20. The van der Waals surface area contributed by atoms with E-state index in [2.05, 4.69) is 17.4 Å². The van der Waals surface area contributed by atoms with Crippen LogP contribution in [0.15, 0.2) is 53.4 Å².